The Balaban J connectivity index is 1.63. The number of aromatic hydroxyl groups is 2. The lowest BCUT2D eigenvalue weighted by Crippen LogP contribution is -2.72. The van der Waals surface area contributed by atoms with Gasteiger partial charge in [-0.05, 0) is 65.5 Å². The number of carbonyl (C=O) groups is 3. The Hall–Kier alpha value is -3.03. The number of ketones is 2. The summed E-state index contributed by atoms with van der Waals surface area (Å²) in [7, 11) is 3.17. The predicted octanol–water partition coefficient (Wildman–Crippen LogP) is -0.660. The summed E-state index contributed by atoms with van der Waals surface area (Å²) in [5, 5.41) is 70.0. The molecule has 1 saturated heterocycles. The van der Waals surface area contributed by atoms with Gasteiger partial charge in [0.05, 0.1) is 23.9 Å². The number of fused-ring (bicyclic) bond motifs is 3. The first-order valence-corrected chi connectivity index (χ1v) is 13.1. The molecule has 2 fully saturated rings. The number of benzene rings is 1. The fourth-order valence-corrected chi connectivity index (χ4v) is 7.19. The van der Waals surface area contributed by atoms with Gasteiger partial charge in [-0.25, -0.2) is 0 Å². The lowest BCUT2D eigenvalue weighted by Gasteiger charge is -2.55. The smallest absolute Gasteiger partial charge is 0.234 e. The van der Waals surface area contributed by atoms with Gasteiger partial charge in [0.2, 0.25) is 5.91 Å². The number of likely N-dealkylation sites (tertiary alicyclic amines) is 1. The maximum Gasteiger partial charge on any atom is 0.234 e. The van der Waals surface area contributed by atoms with Gasteiger partial charge in [0.25, 0.3) is 0 Å². The summed E-state index contributed by atoms with van der Waals surface area (Å²) >= 11 is 0. The Bertz CT molecular complexity index is 1270. The van der Waals surface area contributed by atoms with E-state index in [2.05, 4.69) is 5.32 Å². The standard InChI is InChI=1S/C27H35N3O9/c1-26(38)12-10-13-20(29(2)3)22(34)18(25(37)28-11-30-8-4-5-9-30)24(36)27(13,39)23(35)16(12)21(33)17-14(31)6-7-15(32)19(17)26/h6-7,12-13,18,20,22,31-32,34-35,38-39H,4-5,8-11H2,1-3H3,(H,28,37). The first-order valence-electron chi connectivity index (χ1n) is 13.1. The predicted molar refractivity (Wildman–Crippen MR) is 136 cm³/mol. The van der Waals surface area contributed by atoms with Crippen LogP contribution in [0.4, 0.5) is 0 Å². The number of aliphatic hydroxyl groups is 4. The summed E-state index contributed by atoms with van der Waals surface area (Å²) in [6.07, 6.45) is 0.125. The van der Waals surface area contributed by atoms with Crippen LogP contribution >= 0.6 is 0 Å². The van der Waals surface area contributed by atoms with Gasteiger partial charge in [0.15, 0.2) is 17.2 Å². The van der Waals surface area contributed by atoms with Gasteiger partial charge < -0.3 is 40.9 Å². The van der Waals surface area contributed by atoms with Crippen LogP contribution in [0.25, 0.3) is 0 Å². The summed E-state index contributed by atoms with van der Waals surface area (Å²) in [5.41, 5.74) is -5.91. The molecule has 12 nitrogen and oxygen atoms in total. The van der Waals surface area contributed by atoms with Gasteiger partial charge in [-0.2, -0.15) is 0 Å². The summed E-state index contributed by atoms with van der Waals surface area (Å²) in [4.78, 5) is 44.2. The quantitative estimate of drug-likeness (QED) is 0.188. The molecule has 1 saturated carbocycles. The average molecular weight is 546 g/mol. The number of hydrogen-bond acceptors (Lipinski definition) is 11. The number of carbonyl (C=O) groups excluding carboxylic acids is 3. The van der Waals surface area contributed by atoms with Crippen LogP contribution in [0.5, 0.6) is 11.5 Å². The van der Waals surface area contributed by atoms with E-state index in [1.807, 2.05) is 4.90 Å². The van der Waals surface area contributed by atoms with E-state index < -0.39 is 87.0 Å². The number of aliphatic hydroxyl groups excluding tert-OH is 2. The molecule has 1 aromatic rings. The van der Waals surface area contributed by atoms with Crippen LogP contribution < -0.4 is 5.32 Å². The zero-order chi connectivity index (χ0) is 28.6. The largest absolute Gasteiger partial charge is 0.508 e. The van der Waals surface area contributed by atoms with Crippen molar-refractivity contribution in [1.82, 2.24) is 15.1 Å². The fourth-order valence-electron chi connectivity index (χ4n) is 7.19. The normalized spacial score (nSPS) is 36.5. The van der Waals surface area contributed by atoms with E-state index in [0.717, 1.165) is 38.1 Å². The molecule has 39 heavy (non-hydrogen) atoms. The van der Waals surface area contributed by atoms with Crippen LogP contribution in [0.1, 0.15) is 42.1 Å². The number of Topliss-reactive ketones (excluding diaryl/α,β-unsaturated/α-hetero) is 2. The van der Waals surface area contributed by atoms with E-state index in [9.17, 15) is 45.0 Å². The number of likely N-dealkylation sites (N-methyl/N-ethyl adjacent to an activating group) is 1. The monoisotopic (exact) mass is 545 g/mol. The van der Waals surface area contributed by atoms with E-state index >= 15 is 0 Å². The summed E-state index contributed by atoms with van der Waals surface area (Å²) in [6.45, 7) is 3.00. The zero-order valence-electron chi connectivity index (χ0n) is 22.1. The Kier molecular flexibility index (Phi) is 6.55. The van der Waals surface area contributed by atoms with E-state index in [0.29, 0.717) is 0 Å². The van der Waals surface area contributed by atoms with Gasteiger partial charge >= 0.3 is 0 Å². The van der Waals surface area contributed by atoms with Crippen LogP contribution in [-0.4, -0.2) is 110 Å². The van der Waals surface area contributed by atoms with Crippen molar-refractivity contribution in [2.45, 2.75) is 49.5 Å². The van der Waals surface area contributed by atoms with Gasteiger partial charge in [-0.3, -0.25) is 19.3 Å². The molecule has 3 aliphatic carbocycles. The Morgan fingerprint density at radius 1 is 1.10 bits per heavy atom. The first-order chi connectivity index (χ1) is 18.2. The van der Waals surface area contributed by atoms with Crippen molar-refractivity contribution in [3.8, 4) is 11.5 Å². The highest BCUT2D eigenvalue weighted by Crippen LogP contribution is 2.58. The highest BCUT2D eigenvalue weighted by molar-refractivity contribution is 6.16. The maximum atomic E-state index is 13.9. The van der Waals surface area contributed by atoms with Crippen molar-refractivity contribution >= 4 is 17.5 Å². The van der Waals surface area contributed by atoms with Crippen molar-refractivity contribution < 1.29 is 45.0 Å². The molecule has 1 aromatic carbocycles. The molecule has 0 spiro atoms. The van der Waals surface area contributed by atoms with E-state index in [1.54, 1.807) is 14.1 Å². The zero-order valence-corrected chi connectivity index (χ0v) is 22.1. The van der Waals surface area contributed by atoms with E-state index in [1.165, 1.54) is 11.8 Å². The minimum absolute atomic E-state index is 0.153. The number of phenolic OH excluding ortho intramolecular Hbond substituents is 2. The third-order valence-corrected chi connectivity index (χ3v) is 9.12. The van der Waals surface area contributed by atoms with Crippen LogP contribution in [0.2, 0.25) is 0 Å². The lowest BCUT2D eigenvalue weighted by molar-refractivity contribution is -0.182. The Morgan fingerprint density at radius 2 is 1.72 bits per heavy atom. The molecule has 7 N–H and O–H groups in total. The van der Waals surface area contributed by atoms with E-state index in [4.69, 9.17) is 0 Å². The van der Waals surface area contributed by atoms with Gasteiger partial charge in [0, 0.05) is 29.0 Å². The second kappa shape index (κ2) is 9.27. The van der Waals surface area contributed by atoms with Crippen LogP contribution in [0.15, 0.2) is 23.5 Å². The topological polar surface area (TPSA) is 191 Å². The fraction of sp³-hybridized carbons (Fsp3) is 0.593. The lowest BCUT2D eigenvalue weighted by atomic mass is 9.53. The maximum absolute atomic E-state index is 13.9. The highest BCUT2D eigenvalue weighted by atomic mass is 16.4. The Labute approximate surface area is 225 Å². The van der Waals surface area contributed by atoms with Crippen LogP contribution in [0.3, 0.4) is 0 Å². The first kappa shape index (κ1) is 27.5. The summed E-state index contributed by atoms with van der Waals surface area (Å²) in [5.74, 6) is -9.14. The number of rotatable bonds is 4. The van der Waals surface area contributed by atoms with Crippen molar-refractivity contribution in [2.75, 3.05) is 33.9 Å². The van der Waals surface area contributed by atoms with Crippen LogP contribution in [0, 0.1) is 17.8 Å². The molecule has 5 rings (SSSR count). The second-order valence-electron chi connectivity index (χ2n) is 11.6. The number of nitrogens with zero attached hydrogens (tertiary/aromatic N) is 2. The molecule has 0 bridgehead atoms. The molecule has 1 aliphatic heterocycles. The summed E-state index contributed by atoms with van der Waals surface area (Å²) < 4.78 is 0. The highest BCUT2D eigenvalue weighted by Gasteiger charge is 2.68. The number of nitrogens with one attached hydrogen (secondary N) is 1. The Morgan fingerprint density at radius 3 is 2.33 bits per heavy atom. The van der Waals surface area contributed by atoms with Crippen molar-refractivity contribution in [1.29, 1.82) is 0 Å². The molecule has 0 radical (unpaired) electrons. The molecule has 212 valence electrons. The molecule has 1 heterocycles. The molecular weight excluding hydrogens is 510 g/mol. The van der Waals surface area contributed by atoms with Gasteiger partial charge in [0.1, 0.15) is 23.2 Å². The van der Waals surface area contributed by atoms with Crippen molar-refractivity contribution in [3.05, 3.63) is 34.6 Å². The second-order valence-corrected chi connectivity index (χ2v) is 11.6. The van der Waals surface area contributed by atoms with Gasteiger partial charge in [-0.1, -0.05) is 0 Å². The molecule has 1 amide bonds. The number of hydrogen-bond donors (Lipinski definition) is 7. The third kappa shape index (κ3) is 3.80. The molecule has 7 atom stereocenters. The van der Waals surface area contributed by atoms with Crippen LogP contribution in [-0.2, 0) is 15.2 Å². The molecule has 4 aliphatic rings. The minimum atomic E-state index is -2.73. The van der Waals surface area contributed by atoms with Crippen molar-refractivity contribution in [2.24, 2.45) is 17.8 Å². The van der Waals surface area contributed by atoms with E-state index in [-0.39, 0.29) is 18.7 Å². The van der Waals surface area contributed by atoms with Gasteiger partial charge in [-0.15, -0.1) is 0 Å². The molecule has 0 aromatic heterocycles. The number of amides is 1. The SMILES string of the molecule is CN(C)C1C(O)C(C(=O)NCN2CCCC2)C(=O)C2(O)C(O)=C3C(=O)c4c(O)ccc(O)c4C(C)(O)C3CC12. The molecule has 7 unspecified atom stereocenters. The molecular formula is C27H35N3O9. The third-order valence-electron chi connectivity index (χ3n) is 9.12. The summed E-state index contributed by atoms with van der Waals surface area (Å²) in [6, 6.07) is 1.15. The number of phenols is 2. The van der Waals surface area contributed by atoms with Crippen molar-refractivity contribution in [3.63, 3.8) is 0 Å². The molecule has 12 heteroatoms. The average Bonchev–Trinajstić information content (AvgIpc) is 3.38. The minimum Gasteiger partial charge on any atom is -0.508 e.